The summed E-state index contributed by atoms with van der Waals surface area (Å²) in [7, 11) is 0. The third kappa shape index (κ3) is 3.64. The summed E-state index contributed by atoms with van der Waals surface area (Å²) in [6.07, 6.45) is 3.60. The van der Waals surface area contributed by atoms with Crippen molar-refractivity contribution in [3.63, 3.8) is 0 Å². The number of nitrogens with one attached hydrogen (secondary N) is 1. The molecule has 0 aliphatic rings. The van der Waals surface area contributed by atoms with E-state index in [-0.39, 0.29) is 12.0 Å². The molecule has 0 radical (unpaired) electrons. The van der Waals surface area contributed by atoms with Crippen LogP contribution in [-0.4, -0.2) is 28.5 Å². The van der Waals surface area contributed by atoms with Gasteiger partial charge in [0.25, 0.3) is 0 Å². The highest BCUT2D eigenvalue weighted by atomic mass is 16.2. The summed E-state index contributed by atoms with van der Waals surface area (Å²) in [4.78, 5) is 0. The Hall–Kier alpha value is -1.68. The van der Waals surface area contributed by atoms with Crippen molar-refractivity contribution in [2.45, 2.75) is 26.7 Å². The van der Waals surface area contributed by atoms with Crippen molar-refractivity contribution in [3.05, 3.63) is 30.5 Å². The van der Waals surface area contributed by atoms with E-state index in [2.05, 4.69) is 29.4 Å². The normalized spacial score (nSPS) is 11.7. The summed E-state index contributed by atoms with van der Waals surface area (Å²) < 4.78 is 0. The molecule has 1 heterocycles. The van der Waals surface area contributed by atoms with Gasteiger partial charge in [0.15, 0.2) is 0 Å². The lowest BCUT2D eigenvalue weighted by atomic mass is 9.88. The molecule has 2 N–H and O–H groups in total. The Balaban J connectivity index is 2.09. The molecule has 0 spiro atoms. The summed E-state index contributed by atoms with van der Waals surface area (Å²) >= 11 is 0. The molecule has 0 aliphatic heterocycles. The smallest absolute Gasteiger partial charge is 0.0950 e. The molecule has 0 saturated heterocycles. The predicted molar refractivity (Wildman–Crippen MR) is 78.1 cm³/mol. The predicted octanol–water partition coefficient (Wildman–Crippen LogP) is 2.84. The molecular formula is C15H21N3O. The molecule has 0 bridgehead atoms. The van der Waals surface area contributed by atoms with E-state index >= 15 is 0 Å². The Labute approximate surface area is 113 Å². The molecule has 0 amide bonds. The summed E-state index contributed by atoms with van der Waals surface area (Å²) in [6, 6.07) is 7.98. The highest BCUT2D eigenvalue weighted by molar-refractivity contribution is 5.90. The van der Waals surface area contributed by atoms with Gasteiger partial charge in [0, 0.05) is 18.5 Å². The molecule has 0 saturated carbocycles. The van der Waals surface area contributed by atoms with Crippen LogP contribution < -0.4 is 5.32 Å². The number of hydrogen-bond donors (Lipinski definition) is 2. The minimum Gasteiger partial charge on any atom is -0.396 e. The van der Waals surface area contributed by atoms with E-state index in [0.717, 1.165) is 36.0 Å². The number of aliphatic hydroxyl groups excluding tert-OH is 1. The van der Waals surface area contributed by atoms with E-state index in [1.165, 1.54) is 0 Å². The minimum absolute atomic E-state index is 0.146. The molecule has 19 heavy (non-hydrogen) atoms. The van der Waals surface area contributed by atoms with E-state index < -0.39 is 0 Å². The Morgan fingerprint density at radius 3 is 2.84 bits per heavy atom. The topological polar surface area (TPSA) is 58.0 Å². The number of benzene rings is 1. The lowest BCUT2D eigenvalue weighted by molar-refractivity contribution is 0.248. The molecule has 0 unspecified atom stereocenters. The lowest BCUT2D eigenvalue weighted by Gasteiger charge is -2.25. The largest absolute Gasteiger partial charge is 0.396 e. The van der Waals surface area contributed by atoms with Crippen molar-refractivity contribution in [2.24, 2.45) is 5.41 Å². The zero-order chi connectivity index (χ0) is 13.7. The SMILES string of the molecule is CC(C)(CCCO)CNc1cnnc2ccccc12. The fourth-order valence-electron chi connectivity index (χ4n) is 2.13. The van der Waals surface area contributed by atoms with Gasteiger partial charge in [-0.1, -0.05) is 32.0 Å². The highest BCUT2D eigenvalue weighted by Crippen LogP contribution is 2.25. The Morgan fingerprint density at radius 1 is 1.26 bits per heavy atom. The van der Waals surface area contributed by atoms with E-state index in [1.807, 2.05) is 24.3 Å². The van der Waals surface area contributed by atoms with Crippen molar-refractivity contribution in [1.29, 1.82) is 0 Å². The van der Waals surface area contributed by atoms with Gasteiger partial charge in [0.2, 0.25) is 0 Å². The maximum absolute atomic E-state index is 8.92. The molecule has 2 aromatic rings. The van der Waals surface area contributed by atoms with Crippen LogP contribution in [0.15, 0.2) is 30.5 Å². The molecule has 0 fully saturated rings. The van der Waals surface area contributed by atoms with Gasteiger partial charge in [-0.15, -0.1) is 0 Å². The second-order valence-electron chi connectivity index (χ2n) is 5.62. The number of nitrogens with zero attached hydrogens (tertiary/aromatic N) is 2. The zero-order valence-electron chi connectivity index (χ0n) is 11.6. The minimum atomic E-state index is 0.146. The van der Waals surface area contributed by atoms with Gasteiger partial charge < -0.3 is 10.4 Å². The zero-order valence-corrected chi connectivity index (χ0v) is 11.6. The Kier molecular flexibility index (Phi) is 4.32. The number of anilines is 1. The summed E-state index contributed by atoms with van der Waals surface area (Å²) in [6.45, 7) is 5.50. The van der Waals surface area contributed by atoms with Crippen molar-refractivity contribution in [3.8, 4) is 0 Å². The van der Waals surface area contributed by atoms with Gasteiger partial charge in [-0.2, -0.15) is 10.2 Å². The standard InChI is InChI=1S/C15H21N3O/c1-15(2,8-5-9-19)11-16-14-10-17-18-13-7-4-3-6-12(13)14/h3-4,6-7,10,19H,5,8-9,11H2,1-2H3,(H,16,18). The molecular weight excluding hydrogens is 238 g/mol. The van der Waals surface area contributed by atoms with Crippen LogP contribution in [-0.2, 0) is 0 Å². The van der Waals surface area contributed by atoms with E-state index in [1.54, 1.807) is 6.20 Å². The first kappa shape index (κ1) is 13.7. The maximum atomic E-state index is 8.92. The first-order valence-corrected chi connectivity index (χ1v) is 6.67. The van der Waals surface area contributed by atoms with Crippen molar-refractivity contribution in [1.82, 2.24) is 10.2 Å². The Morgan fingerprint density at radius 2 is 2.05 bits per heavy atom. The molecule has 1 aromatic heterocycles. The number of fused-ring (bicyclic) bond motifs is 1. The first-order chi connectivity index (χ1) is 9.12. The van der Waals surface area contributed by atoms with Gasteiger partial charge in [0.1, 0.15) is 0 Å². The third-order valence-corrected chi connectivity index (χ3v) is 3.32. The number of rotatable bonds is 6. The van der Waals surface area contributed by atoms with Gasteiger partial charge in [-0.05, 0) is 24.3 Å². The van der Waals surface area contributed by atoms with Crippen molar-refractivity contribution < 1.29 is 5.11 Å². The fourth-order valence-corrected chi connectivity index (χ4v) is 2.13. The second kappa shape index (κ2) is 5.97. The number of hydrogen-bond acceptors (Lipinski definition) is 4. The van der Waals surface area contributed by atoms with Crippen LogP contribution in [0, 0.1) is 5.41 Å². The molecule has 1 aromatic carbocycles. The van der Waals surface area contributed by atoms with E-state index in [4.69, 9.17) is 5.11 Å². The van der Waals surface area contributed by atoms with E-state index in [0.29, 0.717) is 0 Å². The number of aliphatic hydroxyl groups is 1. The fraction of sp³-hybridized carbons (Fsp3) is 0.467. The van der Waals surface area contributed by atoms with Crippen LogP contribution in [0.1, 0.15) is 26.7 Å². The van der Waals surface area contributed by atoms with Crippen LogP contribution in [0.3, 0.4) is 0 Å². The third-order valence-electron chi connectivity index (χ3n) is 3.32. The highest BCUT2D eigenvalue weighted by Gasteiger charge is 2.17. The summed E-state index contributed by atoms with van der Waals surface area (Å²) in [5.41, 5.74) is 2.07. The molecule has 102 valence electrons. The Bertz CT molecular complexity index is 534. The summed E-state index contributed by atoms with van der Waals surface area (Å²) in [5.74, 6) is 0. The monoisotopic (exact) mass is 259 g/mol. The molecule has 2 rings (SSSR count). The van der Waals surface area contributed by atoms with Gasteiger partial charge in [-0.25, -0.2) is 0 Å². The van der Waals surface area contributed by atoms with Crippen LogP contribution in [0.2, 0.25) is 0 Å². The average Bonchev–Trinajstić information content (AvgIpc) is 2.43. The lowest BCUT2D eigenvalue weighted by Crippen LogP contribution is -2.23. The van der Waals surface area contributed by atoms with Crippen LogP contribution in [0.5, 0.6) is 0 Å². The van der Waals surface area contributed by atoms with Crippen LogP contribution in [0.25, 0.3) is 10.9 Å². The first-order valence-electron chi connectivity index (χ1n) is 6.67. The van der Waals surface area contributed by atoms with E-state index in [9.17, 15) is 0 Å². The molecule has 0 aliphatic carbocycles. The second-order valence-corrected chi connectivity index (χ2v) is 5.62. The quantitative estimate of drug-likeness (QED) is 0.837. The van der Waals surface area contributed by atoms with Crippen molar-refractivity contribution >= 4 is 16.6 Å². The summed E-state index contributed by atoms with van der Waals surface area (Å²) in [5, 5.41) is 21.6. The van der Waals surface area contributed by atoms with Gasteiger partial charge >= 0.3 is 0 Å². The van der Waals surface area contributed by atoms with Crippen LogP contribution in [0.4, 0.5) is 5.69 Å². The average molecular weight is 259 g/mol. The maximum Gasteiger partial charge on any atom is 0.0950 e. The molecule has 0 atom stereocenters. The van der Waals surface area contributed by atoms with Gasteiger partial charge in [-0.3, -0.25) is 0 Å². The van der Waals surface area contributed by atoms with Crippen LogP contribution >= 0.6 is 0 Å². The molecule has 4 heteroatoms. The van der Waals surface area contributed by atoms with Gasteiger partial charge in [0.05, 0.1) is 17.4 Å². The molecule has 4 nitrogen and oxygen atoms in total. The number of aromatic nitrogens is 2. The van der Waals surface area contributed by atoms with Crippen molar-refractivity contribution in [2.75, 3.05) is 18.5 Å².